The van der Waals surface area contributed by atoms with Gasteiger partial charge in [0.1, 0.15) is 5.82 Å². The van der Waals surface area contributed by atoms with Gasteiger partial charge in [0, 0.05) is 55.2 Å². The minimum atomic E-state index is -0.355. The molecule has 6 rings (SSSR count). The number of hydrogen-bond acceptors (Lipinski definition) is 9. The second-order valence-corrected chi connectivity index (χ2v) is 8.70. The van der Waals surface area contributed by atoms with Crippen LogP contribution in [0, 0.1) is 5.82 Å². The molecule has 2 aromatic carbocycles. The first-order chi connectivity index (χ1) is 17.7. The Hall–Kier alpha value is -3.89. The lowest BCUT2D eigenvalue weighted by atomic mass is 10.1. The van der Waals surface area contributed by atoms with Crippen LogP contribution >= 0.6 is 0 Å². The van der Waals surface area contributed by atoms with Gasteiger partial charge >= 0.3 is 0 Å². The highest BCUT2D eigenvalue weighted by Crippen LogP contribution is 2.27. The quantitative estimate of drug-likeness (QED) is 0.453. The summed E-state index contributed by atoms with van der Waals surface area (Å²) in [4.78, 5) is 22.4. The second kappa shape index (κ2) is 10.00. The molecule has 1 N–H and O–H groups in total. The van der Waals surface area contributed by atoms with Crippen LogP contribution in [0.3, 0.4) is 0 Å². The minimum Gasteiger partial charge on any atom is -0.378 e. The third kappa shape index (κ3) is 4.77. The molecule has 0 atom stereocenters. The molecular weight excluding hydrogens is 461 g/mol. The van der Waals surface area contributed by atoms with Gasteiger partial charge in [-0.3, -0.25) is 0 Å². The number of hydrogen-bond donors (Lipinski definition) is 1. The fraction of sp³-hybridized carbons (Fsp3) is 0.308. The van der Waals surface area contributed by atoms with Gasteiger partial charge in [0.05, 0.1) is 43.3 Å². The topological polar surface area (TPSA) is 88.5 Å². The number of anilines is 4. The fourth-order valence-electron chi connectivity index (χ4n) is 4.42. The lowest BCUT2D eigenvalue weighted by molar-refractivity contribution is 0.122. The number of rotatable bonds is 5. The third-order valence-corrected chi connectivity index (χ3v) is 6.39. The van der Waals surface area contributed by atoms with Crippen LogP contribution in [0.4, 0.5) is 27.7 Å². The first-order valence-electron chi connectivity index (χ1n) is 12.1. The number of morpholine rings is 2. The van der Waals surface area contributed by atoms with Crippen LogP contribution < -0.4 is 15.1 Å². The summed E-state index contributed by atoms with van der Waals surface area (Å²) in [5.41, 5.74) is 3.65. The Labute approximate surface area is 207 Å². The molecule has 2 aromatic heterocycles. The summed E-state index contributed by atoms with van der Waals surface area (Å²) in [6.07, 6.45) is 3.50. The van der Waals surface area contributed by atoms with E-state index in [4.69, 9.17) is 14.5 Å². The standard InChI is InChI=1S/C26H26FN7O2/c27-21-16-20(33-7-11-35-12-8-33)2-4-24(21)31-25-28-6-5-23(30-25)18-1-3-22-19(15-18)17-29-26(32-22)34-9-13-36-14-10-34/h1-6,15-17H,7-14H2,(H,28,30,31). The van der Waals surface area contributed by atoms with Crippen molar-refractivity contribution < 1.29 is 13.9 Å². The number of nitrogens with zero attached hydrogens (tertiary/aromatic N) is 6. The van der Waals surface area contributed by atoms with Crippen molar-refractivity contribution in [2.24, 2.45) is 0 Å². The number of nitrogens with one attached hydrogen (secondary N) is 1. The largest absolute Gasteiger partial charge is 0.378 e. The molecule has 2 aliphatic rings. The van der Waals surface area contributed by atoms with Crippen LogP contribution in [0.25, 0.3) is 22.2 Å². The van der Waals surface area contributed by atoms with E-state index in [9.17, 15) is 4.39 Å². The summed E-state index contributed by atoms with van der Waals surface area (Å²) >= 11 is 0. The van der Waals surface area contributed by atoms with Gasteiger partial charge in [0.2, 0.25) is 11.9 Å². The summed E-state index contributed by atoms with van der Waals surface area (Å²) < 4.78 is 25.7. The van der Waals surface area contributed by atoms with E-state index in [1.807, 2.05) is 36.5 Å². The average Bonchev–Trinajstić information content (AvgIpc) is 2.95. The Kier molecular flexibility index (Phi) is 6.27. The van der Waals surface area contributed by atoms with Crippen molar-refractivity contribution in [3.05, 3.63) is 60.7 Å². The molecule has 2 saturated heterocycles. The first kappa shape index (κ1) is 22.6. The van der Waals surface area contributed by atoms with E-state index in [0.29, 0.717) is 44.0 Å². The van der Waals surface area contributed by atoms with Crippen LogP contribution in [-0.4, -0.2) is 72.5 Å². The molecule has 2 aliphatic heterocycles. The van der Waals surface area contributed by atoms with Crippen molar-refractivity contribution in [2.75, 3.05) is 67.7 Å². The van der Waals surface area contributed by atoms with E-state index in [-0.39, 0.29) is 5.82 Å². The lowest BCUT2D eigenvalue weighted by Gasteiger charge is -2.29. The van der Waals surface area contributed by atoms with Crippen molar-refractivity contribution in [3.8, 4) is 11.3 Å². The zero-order valence-corrected chi connectivity index (χ0v) is 19.7. The number of benzene rings is 2. The van der Waals surface area contributed by atoms with Gasteiger partial charge in [-0.2, -0.15) is 0 Å². The molecule has 0 bridgehead atoms. The third-order valence-electron chi connectivity index (χ3n) is 6.39. The van der Waals surface area contributed by atoms with Crippen LogP contribution in [0.2, 0.25) is 0 Å². The molecule has 0 saturated carbocycles. The molecule has 184 valence electrons. The maximum Gasteiger partial charge on any atom is 0.227 e. The first-order valence-corrected chi connectivity index (χ1v) is 12.1. The molecule has 4 heterocycles. The highest BCUT2D eigenvalue weighted by Gasteiger charge is 2.16. The fourth-order valence-corrected chi connectivity index (χ4v) is 4.42. The highest BCUT2D eigenvalue weighted by atomic mass is 19.1. The van der Waals surface area contributed by atoms with Gasteiger partial charge in [-0.25, -0.2) is 24.3 Å². The lowest BCUT2D eigenvalue weighted by Crippen LogP contribution is -2.37. The summed E-state index contributed by atoms with van der Waals surface area (Å²) in [5.74, 6) is 0.685. The van der Waals surface area contributed by atoms with E-state index in [2.05, 4.69) is 30.1 Å². The number of aromatic nitrogens is 4. The SMILES string of the molecule is Fc1cc(N2CCOCC2)ccc1Nc1nccc(-c2ccc3nc(N4CCOCC4)ncc3c2)n1. The van der Waals surface area contributed by atoms with Crippen LogP contribution in [0.1, 0.15) is 0 Å². The van der Waals surface area contributed by atoms with Crippen molar-refractivity contribution in [1.82, 2.24) is 19.9 Å². The normalized spacial score (nSPS) is 16.4. The van der Waals surface area contributed by atoms with Gasteiger partial charge in [-0.15, -0.1) is 0 Å². The zero-order valence-electron chi connectivity index (χ0n) is 19.7. The summed E-state index contributed by atoms with van der Waals surface area (Å²) in [7, 11) is 0. The Bertz CT molecular complexity index is 1370. The zero-order chi connectivity index (χ0) is 24.3. The van der Waals surface area contributed by atoms with E-state index in [0.717, 1.165) is 54.0 Å². The van der Waals surface area contributed by atoms with Gasteiger partial charge in [0.15, 0.2) is 0 Å². The van der Waals surface area contributed by atoms with Crippen LogP contribution in [0.5, 0.6) is 0 Å². The van der Waals surface area contributed by atoms with E-state index in [1.165, 1.54) is 6.07 Å². The smallest absolute Gasteiger partial charge is 0.227 e. The Balaban J connectivity index is 1.21. The van der Waals surface area contributed by atoms with Crippen molar-refractivity contribution in [1.29, 1.82) is 0 Å². The summed E-state index contributed by atoms with van der Waals surface area (Å²) in [5, 5.41) is 3.93. The average molecular weight is 488 g/mol. The van der Waals surface area contributed by atoms with Gasteiger partial charge in [-0.1, -0.05) is 6.07 Å². The van der Waals surface area contributed by atoms with E-state index < -0.39 is 0 Å². The molecule has 0 spiro atoms. The number of fused-ring (bicyclic) bond motifs is 1. The molecular formula is C26H26FN7O2. The predicted molar refractivity (Wildman–Crippen MR) is 136 cm³/mol. The maximum atomic E-state index is 14.9. The number of halogens is 1. The monoisotopic (exact) mass is 487 g/mol. The molecule has 10 heteroatoms. The molecule has 4 aromatic rings. The van der Waals surface area contributed by atoms with Crippen molar-refractivity contribution in [2.45, 2.75) is 0 Å². The van der Waals surface area contributed by atoms with E-state index in [1.54, 1.807) is 12.3 Å². The molecule has 36 heavy (non-hydrogen) atoms. The van der Waals surface area contributed by atoms with Gasteiger partial charge in [0.25, 0.3) is 0 Å². The summed E-state index contributed by atoms with van der Waals surface area (Å²) in [6, 6.07) is 12.9. The van der Waals surface area contributed by atoms with Crippen molar-refractivity contribution >= 4 is 34.2 Å². The molecule has 0 unspecified atom stereocenters. The van der Waals surface area contributed by atoms with Gasteiger partial charge < -0.3 is 24.6 Å². The molecule has 0 aliphatic carbocycles. The minimum absolute atomic E-state index is 0.324. The van der Waals surface area contributed by atoms with Crippen LogP contribution in [0.15, 0.2) is 54.9 Å². The highest BCUT2D eigenvalue weighted by molar-refractivity contribution is 5.84. The Morgan fingerprint density at radius 1 is 0.806 bits per heavy atom. The molecule has 0 amide bonds. The van der Waals surface area contributed by atoms with Crippen molar-refractivity contribution in [3.63, 3.8) is 0 Å². The predicted octanol–water partition coefficient (Wildman–Crippen LogP) is 3.64. The molecule has 9 nitrogen and oxygen atoms in total. The Morgan fingerprint density at radius 3 is 2.36 bits per heavy atom. The second-order valence-electron chi connectivity index (χ2n) is 8.70. The van der Waals surface area contributed by atoms with E-state index >= 15 is 0 Å². The maximum absolute atomic E-state index is 14.9. The number of ether oxygens (including phenoxy) is 2. The Morgan fingerprint density at radius 2 is 1.58 bits per heavy atom. The van der Waals surface area contributed by atoms with Gasteiger partial charge in [-0.05, 0) is 36.4 Å². The molecule has 2 fully saturated rings. The van der Waals surface area contributed by atoms with Crippen LogP contribution in [-0.2, 0) is 9.47 Å². The molecule has 0 radical (unpaired) electrons. The summed E-state index contributed by atoms with van der Waals surface area (Å²) in [6.45, 7) is 5.76.